The van der Waals surface area contributed by atoms with Crippen LogP contribution in [0.2, 0.25) is 5.02 Å². The molecule has 0 saturated carbocycles. The lowest BCUT2D eigenvalue weighted by Crippen LogP contribution is -2.14. The van der Waals surface area contributed by atoms with Gasteiger partial charge < -0.3 is 10.1 Å². The number of aromatic nitrogens is 1. The maximum atomic E-state index is 12.1. The highest BCUT2D eigenvalue weighted by Crippen LogP contribution is 2.23. The molecule has 0 spiro atoms. The molecule has 0 atom stereocenters. The van der Waals surface area contributed by atoms with Crippen molar-refractivity contribution in [1.82, 2.24) is 4.98 Å². The van der Waals surface area contributed by atoms with Gasteiger partial charge in [-0.25, -0.2) is 4.98 Å². The maximum absolute atomic E-state index is 12.1. The van der Waals surface area contributed by atoms with E-state index in [1.807, 2.05) is 6.07 Å². The van der Waals surface area contributed by atoms with Crippen molar-refractivity contribution < 1.29 is 9.53 Å². The summed E-state index contributed by atoms with van der Waals surface area (Å²) in [6.07, 6.45) is 1.68. The van der Waals surface area contributed by atoms with Gasteiger partial charge in [0.25, 0.3) is 5.91 Å². The Bertz CT molecular complexity index is 602. The van der Waals surface area contributed by atoms with E-state index in [-0.39, 0.29) is 5.91 Å². The molecule has 2 rings (SSSR count). The molecule has 0 aliphatic rings. The number of amides is 1. The van der Waals surface area contributed by atoms with Gasteiger partial charge in [-0.2, -0.15) is 0 Å². The van der Waals surface area contributed by atoms with E-state index in [1.165, 1.54) is 7.11 Å². The minimum Gasteiger partial charge on any atom is -0.496 e. The first-order chi connectivity index (χ1) is 9.10. The van der Waals surface area contributed by atoms with Gasteiger partial charge in [0.2, 0.25) is 0 Å². The van der Waals surface area contributed by atoms with E-state index < -0.39 is 0 Å². The van der Waals surface area contributed by atoms with E-state index in [0.29, 0.717) is 22.2 Å². The van der Waals surface area contributed by atoms with Gasteiger partial charge in [0, 0.05) is 14.8 Å². The van der Waals surface area contributed by atoms with Gasteiger partial charge in [-0.05, 0) is 52.9 Å². The third-order valence-electron chi connectivity index (χ3n) is 2.38. The van der Waals surface area contributed by atoms with Crippen LogP contribution in [-0.2, 0) is 0 Å². The molecule has 1 aromatic carbocycles. The number of nitrogens with one attached hydrogen (secondary N) is 1. The summed E-state index contributed by atoms with van der Waals surface area (Å²) in [7, 11) is 1.49. The highest BCUT2D eigenvalue weighted by Gasteiger charge is 2.13. The first-order valence-corrected chi connectivity index (χ1v) is 6.82. The molecule has 4 nitrogen and oxygen atoms in total. The quantitative estimate of drug-likeness (QED) is 0.818. The summed E-state index contributed by atoms with van der Waals surface area (Å²) in [5.41, 5.74) is 0.409. The average molecular weight is 389 g/mol. The largest absolute Gasteiger partial charge is 0.496 e. The molecule has 98 valence electrons. The van der Waals surface area contributed by atoms with Gasteiger partial charge in [0.1, 0.15) is 11.6 Å². The van der Waals surface area contributed by atoms with Crippen LogP contribution in [0, 0.1) is 3.57 Å². The molecule has 1 aromatic heterocycles. The lowest BCUT2D eigenvalue weighted by Gasteiger charge is -2.09. The molecule has 6 heteroatoms. The van der Waals surface area contributed by atoms with E-state index in [0.717, 1.165) is 3.57 Å². The molecule has 0 radical (unpaired) electrons. The zero-order valence-corrected chi connectivity index (χ0v) is 12.9. The predicted octanol–water partition coefficient (Wildman–Crippen LogP) is 3.60. The minimum absolute atomic E-state index is 0.290. The van der Waals surface area contributed by atoms with Crippen molar-refractivity contribution in [2.24, 2.45) is 0 Å². The first-order valence-electron chi connectivity index (χ1n) is 5.36. The highest BCUT2D eigenvalue weighted by molar-refractivity contribution is 14.1. The van der Waals surface area contributed by atoms with E-state index in [9.17, 15) is 4.79 Å². The van der Waals surface area contributed by atoms with E-state index >= 15 is 0 Å². The molecule has 19 heavy (non-hydrogen) atoms. The number of halogens is 2. The van der Waals surface area contributed by atoms with Crippen LogP contribution in [0.25, 0.3) is 0 Å². The fourth-order valence-corrected chi connectivity index (χ4v) is 1.97. The van der Waals surface area contributed by atoms with Crippen LogP contribution >= 0.6 is 34.2 Å². The van der Waals surface area contributed by atoms with Gasteiger partial charge in [-0.3, -0.25) is 4.79 Å². The number of ether oxygens (including phenoxy) is 1. The fourth-order valence-electron chi connectivity index (χ4n) is 1.49. The van der Waals surface area contributed by atoms with E-state index in [2.05, 4.69) is 32.9 Å². The molecule has 0 unspecified atom stereocenters. The Morgan fingerprint density at radius 1 is 1.37 bits per heavy atom. The molecule has 2 aromatic rings. The number of hydrogen-bond donors (Lipinski definition) is 1. The number of pyridine rings is 1. The first kappa shape index (κ1) is 14.1. The standard InChI is InChI=1S/C13H10ClIN2O2/c1-19-11-6-8(14)2-4-10(11)13(18)17-12-5-3-9(15)7-16-12/h2-7H,1H3,(H,16,17,18). The monoisotopic (exact) mass is 388 g/mol. The summed E-state index contributed by atoms with van der Waals surface area (Å²) in [6, 6.07) is 8.45. The van der Waals surface area contributed by atoms with Crippen LogP contribution in [0.5, 0.6) is 5.75 Å². The van der Waals surface area contributed by atoms with Crippen molar-refractivity contribution >= 4 is 45.9 Å². The van der Waals surface area contributed by atoms with Gasteiger partial charge in [-0.1, -0.05) is 11.6 Å². The zero-order valence-electron chi connectivity index (χ0n) is 9.98. The lowest BCUT2D eigenvalue weighted by molar-refractivity contribution is 0.102. The van der Waals surface area contributed by atoms with Gasteiger partial charge >= 0.3 is 0 Å². The minimum atomic E-state index is -0.290. The summed E-state index contributed by atoms with van der Waals surface area (Å²) in [4.78, 5) is 16.2. The molecule has 1 N–H and O–H groups in total. The predicted molar refractivity (Wildman–Crippen MR) is 82.9 cm³/mol. The summed E-state index contributed by atoms with van der Waals surface area (Å²) in [5.74, 6) is 0.625. The normalized spacial score (nSPS) is 10.1. The lowest BCUT2D eigenvalue weighted by atomic mass is 10.2. The average Bonchev–Trinajstić information content (AvgIpc) is 2.41. The number of rotatable bonds is 3. The molecule has 0 saturated heterocycles. The van der Waals surface area contributed by atoms with Crippen LogP contribution in [0.3, 0.4) is 0 Å². The molecule has 1 amide bonds. The molecule has 0 bridgehead atoms. The van der Waals surface area contributed by atoms with Crippen LogP contribution in [0.15, 0.2) is 36.5 Å². The second-order valence-corrected chi connectivity index (χ2v) is 5.34. The smallest absolute Gasteiger partial charge is 0.260 e. The van der Waals surface area contributed by atoms with Gasteiger partial charge in [-0.15, -0.1) is 0 Å². The molecular formula is C13H10ClIN2O2. The van der Waals surface area contributed by atoms with Crippen molar-refractivity contribution in [2.45, 2.75) is 0 Å². The second-order valence-electron chi connectivity index (χ2n) is 3.66. The molecule has 1 heterocycles. The molecule has 0 fully saturated rings. The van der Waals surface area contributed by atoms with Crippen LogP contribution in [0.1, 0.15) is 10.4 Å². The van der Waals surface area contributed by atoms with Crippen molar-refractivity contribution in [3.8, 4) is 5.75 Å². The fraction of sp³-hybridized carbons (Fsp3) is 0.0769. The number of benzene rings is 1. The molecule has 0 aliphatic heterocycles. The summed E-state index contributed by atoms with van der Waals surface area (Å²) >= 11 is 8.00. The number of carbonyl (C=O) groups excluding carboxylic acids is 1. The zero-order chi connectivity index (χ0) is 13.8. The Hall–Kier alpha value is -1.34. The van der Waals surface area contributed by atoms with E-state index in [4.69, 9.17) is 16.3 Å². The van der Waals surface area contributed by atoms with Gasteiger partial charge in [0.15, 0.2) is 0 Å². The Morgan fingerprint density at radius 2 is 2.16 bits per heavy atom. The molecular weight excluding hydrogens is 379 g/mol. The Labute approximate surface area is 129 Å². The maximum Gasteiger partial charge on any atom is 0.260 e. The van der Waals surface area contributed by atoms with Crippen molar-refractivity contribution in [3.05, 3.63) is 50.7 Å². The summed E-state index contributed by atoms with van der Waals surface area (Å²) in [5, 5.41) is 3.22. The summed E-state index contributed by atoms with van der Waals surface area (Å²) in [6.45, 7) is 0. The van der Waals surface area contributed by atoms with Crippen molar-refractivity contribution in [1.29, 1.82) is 0 Å². The van der Waals surface area contributed by atoms with Crippen molar-refractivity contribution in [2.75, 3.05) is 12.4 Å². The number of carbonyl (C=O) groups is 1. The number of hydrogen-bond acceptors (Lipinski definition) is 3. The Morgan fingerprint density at radius 3 is 2.79 bits per heavy atom. The SMILES string of the molecule is COc1cc(Cl)ccc1C(=O)Nc1ccc(I)cn1. The van der Waals surface area contributed by atoms with Crippen molar-refractivity contribution in [3.63, 3.8) is 0 Å². The summed E-state index contributed by atoms with van der Waals surface area (Å²) < 4.78 is 6.14. The number of nitrogens with zero attached hydrogens (tertiary/aromatic N) is 1. The van der Waals surface area contributed by atoms with Crippen LogP contribution in [0.4, 0.5) is 5.82 Å². The van der Waals surface area contributed by atoms with E-state index in [1.54, 1.807) is 30.5 Å². The topological polar surface area (TPSA) is 51.2 Å². The van der Waals surface area contributed by atoms with Crippen LogP contribution in [-0.4, -0.2) is 18.0 Å². The Kier molecular flexibility index (Phi) is 4.60. The Balaban J connectivity index is 2.22. The number of methoxy groups -OCH3 is 1. The van der Waals surface area contributed by atoms with Gasteiger partial charge in [0.05, 0.1) is 12.7 Å². The third-order valence-corrected chi connectivity index (χ3v) is 3.25. The third kappa shape index (κ3) is 3.57. The highest BCUT2D eigenvalue weighted by atomic mass is 127. The molecule has 0 aliphatic carbocycles. The second kappa shape index (κ2) is 6.21. The van der Waals surface area contributed by atoms with Crippen LogP contribution < -0.4 is 10.1 Å². The number of anilines is 1.